The lowest BCUT2D eigenvalue weighted by atomic mass is 10.1. The molecule has 1 aromatic rings. The summed E-state index contributed by atoms with van der Waals surface area (Å²) in [7, 11) is 0. The summed E-state index contributed by atoms with van der Waals surface area (Å²) in [5.41, 5.74) is 3.67. The minimum atomic E-state index is 0.0816. The molecule has 1 amide bonds. The van der Waals surface area contributed by atoms with Gasteiger partial charge in [0.2, 0.25) is 5.91 Å². The maximum Gasteiger partial charge on any atom is 0.243 e. The number of carbonyl (C=O) groups is 1. The van der Waals surface area contributed by atoms with Crippen molar-refractivity contribution < 1.29 is 4.79 Å². The number of halogens is 1. The molecule has 1 unspecified atom stereocenters. The van der Waals surface area contributed by atoms with E-state index in [0.717, 1.165) is 35.7 Å². The highest BCUT2D eigenvalue weighted by Gasteiger charge is 2.53. The summed E-state index contributed by atoms with van der Waals surface area (Å²) in [6.07, 6.45) is 10.7. The highest BCUT2D eigenvalue weighted by molar-refractivity contribution is 9.10. The van der Waals surface area contributed by atoms with E-state index < -0.39 is 0 Å². The number of fused-ring (bicyclic) bond motifs is 1. The van der Waals surface area contributed by atoms with Crippen LogP contribution >= 0.6 is 15.9 Å². The van der Waals surface area contributed by atoms with E-state index in [1.165, 1.54) is 0 Å². The normalized spacial score (nSPS) is 29.3. The lowest BCUT2D eigenvalue weighted by molar-refractivity contribution is -0.122. The largest absolute Gasteiger partial charge is 0.273 e. The van der Waals surface area contributed by atoms with Gasteiger partial charge in [0.1, 0.15) is 0 Å². The number of hydrogen-bond donors (Lipinski definition) is 1. The molecule has 1 aromatic carbocycles. The Bertz CT molecular complexity index is 566. The van der Waals surface area contributed by atoms with Crippen LogP contribution in [0.1, 0.15) is 31.2 Å². The molecule has 1 fully saturated rings. The second kappa shape index (κ2) is 6.56. The number of nitrogens with zero attached hydrogens (tertiary/aromatic N) is 1. The molecule has 3 rings (SSSR count). The summed E-state index contributed by atoms with van der Waals surface area (Å²) in [6.45, 7) is 0. The minimum Gasteiger partial charge on any atom is -0.273 e. The Morgan fingerprint density at radius 1 is 1.24 bits per heavy atom. The minimum absolute atomic E-state index is 0.0816. The van der Waals surface area contributed by atoms with Gasteiger partial charge in [0.05, 0.1) is 6.21 Å². The van der Waals surface area contributed by atoms with Crippen molar-refractivity contribution in [3.05, 3.63) is 46.5 Å². The van der Waals surface area contributed by atoms with Crippen LogP contribution in [0, 0.1) is 17.8 Å². The van der Waals surface area contributed by atoms with Gasteiger partial charge >= 0.3 is 0 Å². The third kappa shape index (κ3) is 3.62. The van der Waals surface area contributed by atoms with E-state index in [0.29, 0.717) is 11.8 Å². The van der Waals surface area contributed by atoms with Crippen LogP contribution in [0.25, 0.3) is 0 Å². The molecule has 4 heteroatoms. The molecule has 2 aliphatic rings. The smallest absolute Gasteiger partial charge is 0.243 e. The first-order chi connectivity index (χ1) is 10.3. The molecular formula is C17H19BrN2O. The summed E-state index contributed by atoms with van der Waals surface area (Å²) in [6, 6.07) is 7.83. The van der Waals surface area contributed by atoms with Crippen LogP contribution < -0.4 is 5.43 Å². The van der Waals surface area contributed by atoms with Crippen molar-refractivity contribution in [3.63, 3.8) is 0 Å². The van der Waals surface area contributed by atoms with E-state index in [4.69, 9.17) is 0 Å². The zero-order chi connectivity index (χ0) is 14.7. The Morgan fingerprint density at radius 2 is 1.95 bits per heavy atom. The fourth-order valence-corrected chi connectivity index (χ4v) is 3.68. The van der Waals surface area contributed by atoms with Crippen molar-refractivity contribution >= 4 is 28.1 Å². The van der Waals surface area contributed by atoms with Gasteiger partial charge in [-0.1, -0.05) is 40.2 Å². The monoisotopic (exact) mass is 346 g/mol. The summed E-state index contributed by atoms with van der Waals surface area (Å²) in [4.78, 5) is 12.2. The van der Waals surface area contributed by atoms with Crippen molar-refractivity contribution in [2.45, 2.75) is 25.7 Å². The van der Waals surface area contributed by atoms with Crippen molar-refractivity contribution in [2.75, 3.05) is 0 Å². The number of benzene rings is 1. The van der Waals surface area contributed by atoms with Crippen molar-refractivity contribution in [3.8, 4) is 0 Å². The third-order valence-corrected chi connectivity index (χ3v) is 4.86. The van der Waals surface area contributed by atoms with Crippen LogP contribution in [0.4, 0.5) is 0 Å². The standard InChI is InChI=1S/C17H19BrN2O/c18-13-7-5-6-12(10-13)11-19-20-17(21)16-14-8-3-1-2-4-9-15(14)16/h1-2,5-7,10-11,14-16H,3-4,8-9H2,(H,20,21)/b2-1+,19-11-/t14-,15+,16?. The van der Waals surface area contributed by atoms with Gasteiger partial charge in [0.25, 0.3) is 0 Å². The Morgan fingerprint density at radius 3 is 2.62 bits per heavy atom. The zero-order valence-electron chi connectivity index (χ0n) is 11.8. The van der Waals surface area contributed by atoms with Gasteiger partial charge in [-0.3, -0.25) is 4.79 Å². The molecule has 2 aliphatic carbocycles. The molecule has 0 saturated heterocycles. The van der Waals surface area contributed by atoms with Crippen LogP contribution in [-0.4, -0.2) is 12.1 Å². The van der Waals surface area contributed by atoms with Crippen LogP contribution in [0.15, 0.2) is 46.0 Å². The van der Waals surface area contributed by atoms with E-state index in [1.807, 2.05) is 24.3 Å². The molecule has 0 heterocycles. The van der Waals surface area contributed by atoms with Crippen LogP contribution in [0.2, 0.25) is 0 Å². The summed E-state index contributed by atoms with van der Waals surface area (Å²) >= 11 is 3.42. The second-order valence-electron chi connectivity index (χ2n) is 5.77. The Kier molecular flexibility index (Phi) is 4.54. The van der Waals surface area contributed by atoms with E-state index in [9.17, 15) is 4.79 Å². The van der Waals surface area contributed by atoms with Crippen molar-refractivity contribution in [1.82, 2.24) is 5.43 Å². The average molecular weight is 347 g/mol. The van der Waals surface area contributed by atoms with Gasteiger partial charge in [-0.25, -0.2) is 5.43 Å². The molecule has 0 spiro atoms. The molecule has 1 saturated carbocycles. The SMILES string of the molecule is O=C(N/N=C\c1cccc(Br)c1)C1[C@H]2CC/C=C/CC[C@@H]12. The van der Waals surface area contributed by atoms with Crippen LogP contribution in [0.5, 0.6) is 0 Å². The Balaban J connectivity index is 1.53. The van der Waals surface area contributed by atoms with E-state index in [1.54, 1.807) is 6.21 Å². The van der Waals surface area contributed by atoms with E-state index in [2.05, 4.69) is 38.6 Å². The molecule has 0 bridgehead atoms. The highest BCUT2D eigenvalue weighted by atomic mass is 79.9. The number of hydrogen-bond acceptors (Lipinski definition) is 2. The summed E-state index contributed by atoms with van der Waals surface area (Å²) < 4.78 is 1.01. The fraction of sp³-hybridized carbons (Fsp3) is 0.412. The molecule has 0 aliphatic heterocycles. The fourth-order valence-electron chi connectivity index (χ4n) is 3.27. The molecular weight excluding hydrogens is 328 g/mol. The lowest BCUT2D eigenvalue weighted by Gasteiger charge is -1.99. The van der Waals surface area contributed by atoms with Crippen LogP contribution in [0.3, 0.4) is 0 Å². The van der Waals surface area contributed by atoms with E-state index in [-0.39, 0.29) is 11.8 Å². The molecule has 21 heavy (non-hydrogen) atoms. The molecule has 3 atom stereocenters. The van der Waals surface area contributed by atoms with Crippen molar-refractivity contribution in [1.29, 1.82) is 0 Å². The van der Waals surface area contributed by atoms with Gasteiger partial charge in [0.15, 0.2) is 0 Å². The number of nitrogens with one attached hydrogen (secondary N) is 1. The molecule has 0 aromatic heterocycles. The molecule has 0 radical (unpaired) electrons. The quantitative estimate of drug-likeness (QED) is 0.503. The number of amides is 1. The van der Waals surface area contributed by atoms with Gasteiger partial charge in [-0.15, -0.1) is 0 Å². The molecule has 1 N–H and O–H groups in total. The Labute approximate surface area is 133 Å². The molecule has 110 valence electrons. The predicted molar refractivity (Wildman–Crippen MR) is 88.0 cm³/mol. The van der Waals surface area contributed by atoms with Gasteiger partial charge < -0.3 is 0 Å². The zero-order valence-corrected chi connectivity index (χ0v) is 13.4. The van der Waals surface area contributed by atoms with E-state index >= 15 is 0 Å². The summed E-state index contributed by atoms with van der Waals surface area (Å²) in [5, 5.41) is 4.09. The first-order valence-electron chi connectivity index (χ1n) is 7.49. The average Bonchev–Trinajstić information content (AvgIpc) is 3.10. The maximum atomic E-state index is 12.2. The highest BCUT2D eigenvalue weighted by Crippen LogP contribution is 2.52. The van der Waals surface area contributed by atoms with Gasteiger partial charge in [-0.05, 0) is 55.2 Å². The first kappa shape index (κ1) is 14.5. The van der Waals surface area contributed by atoms with Gasteiger partial charge in [0, 0.05) is 10.4 Å². The maximum absolute atomic E-state index is 12.2. The Hall–Kier alpha value is -1.42. The first-order valence-corrected chi connectivity index (χ1v) is 8.28. The van der Waals surface area contributed by atoms with Crippen molar-refractivity contribution in [2.24, 2.45) is 22.9 Å². The number of rotatable bonds is 3. The predicted octanol–water partition coefficient (Wildman–Crippen LogP) is 3.89. The van der Waals surface area contributed by atoms with Crippen LogP contribution in [-0.2, 0) is 4.79 Å². The third-order valence-electron chi connectivity index (χ3n) is 4.37. The molecule has 3 nitrogen and oxygen atoms in total. The lowest BCUT2D eigenvalue weighted by Crippen LogP contribution is -2.21. The number of carbonyl (C=O) groups excluding carboxylic acids is 1. The number of allylic oxidation sites excluding steroid dienone is 2. The topological polar surface area (TPSA) is 41.5 Å². The number of hydrazone groups is 1. The summed E-state index contributed by atoms with van der Waals surface area (Å²) in [5.74, 6) is 1.38. The second-order valence-corrected chi connectivity index (χ2v) is 6.68. The van der Waals surface area contributed by atoms with Gasteiger partial charge in [-0.2, -0.15) is 5.10 Å².